The first kappa shape index (κ1) is 19.4. The Kier molecular flexibility index (Phi) is 6.71. The quantitative estimate of drug-likeness (QED) is 0.389. The molecule has 0 atom stereocenters. The van der Waals surface area contributed by atoms with Gasteiger partial charge in [0.25, 0.3) is 5.91 Å². The lowest BCUT2D eigenvalue weighted by molar-refractivity contribution is 0.0698. The number of carbonyl (C=O) groups excluding carboxylic acids is 1. The van der Waals surface area contributed by atoms with Crippen molar-refractivity contribution in [2.24, 2.45) is 5.16 Å². The van der Waals surface area contributed by atoms with Crippen LogP contribution in [0, 0.1) is 0 Å². The number of rotatable bonds is 7. The summed E-state index contributed by atoms with van der Waals surface area (Å²) in [5.74, 6) is -1.67. The van der Waals surface area contributed by atoms with Gasteiger partial charge < -0.3 is 20.4 Å². The molecule has 0 aromatic heterocycles. The molecule has 3 N–H and O–H groups in total. The second-order valence-electron chi connectivity index (χ2n) is 5.21. The highest BCUT2D eigenvalue weighted by Crippen LogP contribution is 2.21. The van der Waals surface area contributed by atoms with Crippen molar-refractivity contribution in [2.45, 2.75) is 6.92 Å². The smallest absolute Gasteiger partial charge is 0.337 e. The lowest BCUT2D eigenvalue weighted by atomic mass is 10.1. The minimum absolute atomic E-state index is 0.103. The van der Waals surface area contributed by atoms with E-state index in [1.54, 1.807) is 12.1 Å². The van der Waals surface area contributed by atoms with Crippen LogP contribution in [-0.4, -0.2) is 41.1 Å². The first-order valence-corrected chi connectivity index (χ1v) is 8.07. The molecule has 2 aromatic carbocycles. The van der Waals surface area contributed by atoms with Crippen LogP contribution in [0.15, 0.2) is 47.6 Å². The molecule has 1 amide bonds. The van der Waals surface area contributed by atoms with Gasteiger partial charge in [-0.3, -0.25) is 4.79 Å². The second-order valence-corrected chi connectivity index (χ2v) is 5.65. The highest BCUT2D eigenvalue weighted by Gasteiger charge is 2.15. The van der Waals surface area contributed by atoms with Crippen molar-refractivity contribution in [1.29, 1.82) is 0 Å². The highest BCUT2D eigenvalue weighted by molar-refractivity contribution is 6.31. The van der Waals surface area contributed by atoms with E-state index in [0.717, 1.165) is 0 Å². The summed E-state index contributed by atoms with van der Waals surface area (Å²) in [5, 5.41) is 24.3. The van der Waals surface area contributed by atoms with Crippen LogP contribution in [0.2, 0.25) is 5.02 Å². The van der Waals surface area contributed by atoms with Crippen LogP contribution in [0.3, 0.4) is 0 Å². The number of nitrogens with zero attached hydrogens (tertiary/aromatic N) is 1. The molecule has 0 aliphatic heterocycles. The van der Waals surface area contributed by atoms with Gasteiger partial charge in [-0.05, 0) is 37.3 Å². The standard InChI is InChI=1S/C18H17ClN2O5/c1-2-26-10-16(21-25)11-3-5-12(6-4-11)17(22)20-15-8-7-13(19)9-14(15)18(23)24/h3-9,25H,2,10H2,1H3,(H,20,22)(H,23,24). The first-order chi connectivity index (χ1) is 12.5. The van der Waals surface area contributed by atoms with Gasteiger partial charge in [-0.1, -0.05) is 28.9 Å². The number of oxime groups is 1. The van der Waals surface area contributed by atoms with Gasteiger partial charge in [0.1, 0.15) is 5.71 Å². The number of halogens is 1. The molecule has 0 heterocycles. The molecule has 26 heavy (non-hydrogen) atoms. The Hall–Kier alpha value is -2.90. The molecule has 0 aliphatic carbocycles. The third-order valence-corrected chi connectivity index (χ3v) is 3.74. The maximum Gasteiger partial charge on any atom is 0.337 e. The Morgan fingerprint density at radius 2 is 1.81 bits per heavy atom. The van der Waals surface area contributed by atoms with Gasteiger partial charge >= 0.3 is 5.97 Å². The molecule has 0 saturated carbocycles. The van der Waals surface area contributed by atoms with E-state index in [-0.39, 0.29) is 22.9 Å². The third kappa shape index (κ3) is 4.81. The molecular weight excluding hydrogens is 360 g/mol. The molecule has 2 aromatic rings. The Morgan fingerprint density at radius 1 is 1.15 bits per heavy atom. The lowest BCUT2D eigenvalue weighted by Crippen LogP contribution is -2.15. The van der Waals surface area contributed by atoms with Crippen LogP contribution in [0.25, 0.3) is 0 Å². The van der Waals surface area contributed by atoms with Gasteiger partial charge in [0.15, 0.2) is 0 Å². The van der Waals surface area contributed by atoms with Crippen LogP contribution in [0.4, 0.5) is 5.69 Å². The SMILES string of the molecule is CCOCC(=NO)c1ccc(C(=O)Nc2ccc(Cl)cc2C(=O)O)cc1. The van der Waals surface area contributed by atoms with Gasteiger partial charge in [0, 0.05) is 22.8 Å². The topological polar surface area (TPSA) is 108 Å². The zero-order valence-corrected chi connectivity index (χ0v) is 14.7. The monoisotopic (exact) mass is 376 g/mol. The van der Waals surface area contributed by atoms with E-state index in [1.807, 2.05) is 6.92 Å². The molecule has 136 valence electrons. The fourth-order valence-corrected chi connectivity index (χ4v) is 2.35. The summed E-state index contributed by atoms with van der Waals surface area (Å²) in [6.07, 6.45) is 0. The molecule has 0 fully saturated rings. The number of nitrogens with one attached hydrogen (secondary N) is 1. The largest absolute Gasteiger partial charge is 0.478 e. The first-order valence-electron chi connectivity index (χ1n) is 7.69. The summed E-state index contributed by atoms with van der Waals surface area (Å²) < 4.78 is 5.21. The summed E-state index contributed by atoms with van der Waals surface area (Å²) in [7, 11) is 0. The molecule has 7 nitrogen and oxygen atoms in total. The fraction of sp³-hybridized carbons (Fsp3) is 0.167. The van der Waals surface area contributed by atoms with Crippen molar-refractivity contribution >= 4 is 34.9 Å². The molecule has 2 rings (SSSR count). The third-order valence-electron chi connectivity index (χ3n) is 3.50. The van der Waals surface area contributed by atoms with E-state index in [2.05, 4.69) is 10.5 Å². The molecule has 0 saturated heterocycles. The number of benzene rings is 2. The van der Waals surface area contributed by atoms with E-state index >= 15 is 0 Å². The van der Waals surface area contributed by atoms with Crippen LogP contribution >= 0.6 is 11.6 Å². The van der Waals surface area contributed by atoms with E-state index < -0.39 is 11.9 Å². The maximum absolute atomic E-state index is 12.4. The van der Waals surface area contributed by atoms with Crippen LogP contribution in [-0.2, 0) is 4.74 Å². The number of carboxylic acid groups (broad SMARTS) is 1. The Morgan fingerprint density at radius 3 is 2.38 bits per heavy atom. The molecule has 0 spiro atoms. The van der Waals surface area contributed by atoms with E-state index in [0.29, 0.717) is 23.4 Å². The minimum atomic E-state index is -1.20. The Labute approximate surface area is 154 Å². The van der Waals surface area contributed by atoms with Crippen molar-refractivity contribution < 1.29 is 24.6 Å². The number of hydrogen-bond acceptors (Lipinski definition) is 5. The highest BCUT2D eigenvalue weighted by atomic mass is 35.5. The average Bonchev–Trinajstić information content (AvgIpc) is 2.64. The van der Waals surface area contributed by atoms with E-state index in [1.165, 1.54) is 30.3 Å². The number of anilines is 1. The van der Waals surface area contributed by atoms with Gasteiger partial charge in [0.05, 0.1) is 17.9 Å². The van der Waals surface area contributed by atoms with Crippen molar-refractivity contribution in [1.82, 2.24) is 0 Å². The maximum atomic E-state index is 12.4. The van der Waals surface area contributed by atoms with Gasteiger partial charge in [-0.15, -0.1) is 0 Å². The Bertz CT molecular complexity index is 834. The molecule has 8 heteroatoms. The van der Waals surface area contributed by atoms with Crippen molar-refractivity contribution in [3.63, 3.8) is 0 Å². The summed E-state index contributed by atoms with van der Waals surface area (Å²) in [6, 6.07) is 10.5. The number of hydrogen-bond donors (Lipinski definition) is 3. The average molecular weight is 377 g/mol. The zero-order chi connectivity index (χ0) is 19.1. The zero-order valence-electron chi connectivity index (χ0n) is 13.9. The Balaban J connectivity index is 2.17. The van der Waals surface area contributed by atoms with Crippen LogP contribution in [0.5, 0.6) is 0 Å². The number of ether oxygens (including phenoxy) is 1. The lowest BCUT2D eigenvalue weighted by Gasteiger charge is -2.10. The summed E-state index contributed by atoms with van der Waals surface area (Å²) in [5.41, 5.74) is 1.30. The van der Waals surface area contributed by atoms with Crippen LogP contribution < -0.4 is 5.32 Å². The normalized spacial score (nSPS) is 11.2. The number of carbonyl (C=O) groups is 2. The van der Waals surface area contributed by atoms with Crippen molar-refractivity contribution in [3.05, 3.63) is 64.2 Å². The summed E-state index contributed by atoms with van der Waals surface area (Å²) >= 11 is 5.79. The summed E-state index contributed by atoms with van der Waals surface area (Å²) in [4.78, 5) is 23.6. The molecule has 0 radical (unpaired) electrons. The predicted molar refractivity (Wildman–Crippen MR) is 97.6 cm³/mol. The number of amides is 1. The molecule has 0 aliphatic rings. The van der Waals surface area contributed by atoms with Gasteiger partial charge in [-0.25, -0.2) is 4.79 Å². The predicted octanol–water partition coefficient (Wildman–Crippen LogP) is 3.51. The fourth-order valence-electron chi connectivity index (χ4n) is 2.18. The summed E-state index contributed by atoms with van der Waals surface area (Å²) in [6.45, 7) is 2.45. The minimum Gasteiger partial charge on any atom is -0.478 e. The van der Waals surface area contributed by atoms with E-state index in [9.17, 15) is 14.7 Å². The van der Waals surface area contributed by atoms with Gasteiger partial charge in [-0.2, -0.15) is 0 Å². The van der Waals surface area contributed by atoms with Crippen molar-refractivity contribution in [2.75, 3.05) is 18.5 Å². The van der Waals surface area contributed by atoms with Crippen LogP contribution in [0.1, 0.15) is 33.2 Å². The number of carboxylic acids is 1. The molecule has 0 bridgehead atoms. The van der Waals surface area contributed by atoms with Gasteiger partial charge in [0.2, 0.25) is 0 Å². The molecule has 0 unspecified atom stereocenters. The molecular formula is C18H17ClN2O5. The van der Waals surface area contributed by atoms with Crippen molar-refractivity contribution in [3.8, 4) is 0 Å². The number of aromatic carboxylic acids is 1. The van der Waals surface area contributed by atoms with E-state index in [4.69, 9.17) is 21.5 Å². The second kappa shape index (κ2) is 8.98.